The number of pyridine rings is 1. The van der Waals surface area contributed by atoms with Gasteiger partial charge >= 0.3 is 0 Å². The van der Waals surface area contributed by atoms with Crippen LogP contribution in [0.25, 0.3) is 0 Å². The number of fused-ring (bicyclic) bond motifs is 1. The van der Waals surface area contributed by atoms with Crippen molar-refractivity contribution in [3.63, 3.8) is 0 Å². The number of aromatic nitrogens is 1. The summed E-state index contributed by atoms with van der Waals surface area (Å²) in [6.45, 7) is 2.10. The van der Waals surface area contributed by atoms with Gasteiger partial charge in [0.15, 0.2) is 21.3 Å². The van der Waals surface area contributed by atoms with E-state index in [1.165, 1.54) is 25.3 Å². The molecular formula is C17H18N2O5S. The van der Waals surface area contributed by atoms with Crippen LogP contribution in [0, 0.1) is 0 Å². The predicted octanol–water partition coefficient (Wildman–Crippen LogP) is 1.50. The van der Waals surface area contributed by atoms with Crippen LogP contribution in [0.3, 0.4) is 0 Å². The van der Waals surface area contributed by atoms with Crippen molar-refractivity contribution in [2.24, 2.45) is 0 Å². The van der Waals surface area contributed by atoms with Gasteiger partial charge in [-0.15, -0.1) is 0 Å². The number of rotatable bonds is 5. The number of nitrogens with zero attached hydrogens (tertiary/aromatic N) is 1. The van der Waals surface area contributed by atoms with E-state index >= 15 is 0 Å². The van der Waals surface area contributed by atoms with Gasteiger partial charge in [0.25, 0.3) is 0 Å². The molecular weight excluding hydrogens is 344 g/mol. The highest BCUT2D eigenvalue weighted by atomic mass is 32.2. The van der Waals surface area contributed by atoms with Crippen LogP contribution in [0.2, 0.25) is 0 Å². The van der Waals surface area contributed by atoms with Crippen molar-refractivity contribution in [3.8, 4) is 11.5 Å². The molecule has 0 unspecified atom stereocenters. The molecule has 0 radical (unpaired) electrons. The lowest BCUT2D eigenvalue weighted by atomic mass is 10.2. The zero-order chi connectivity index (χ0) is 17.9. The smallest absolute Gasteiger partial charge is 0.216 e. The van der Waals surface area contributed by atoms with Gasteiger partial charge in [0.1, 0.15) is 18.5 Å². The van der Waals surface area contributed by atoms with Gasteiger partial charge in [0.05, 0.1) is 4.90 Å². The van der Waals surface area contributed by atoms with E-state index in [1.807, 2.05) is 0 Å². The summed E-state index contributed by atoms with van der Waals surface area (Å²) in [5, 5.41) is 1.63. The molecule has 132 valence electrons. The van der Waals surface area contributed by atoms with Crippen LogP contribution in [0.5, 0.6) is 11.5 Å². The Kier molecular flexibility index (Phi) is 4.89. The summed E-state index contributed by atoms with van der Waals surface area (Å²) in [6, 6.07) is 7.87. The van der Waals surface area contributed by atoms with Crippen LogP contribution < -0.4 is 14.8 Å². The highest BCUT2D eigenvalue weighted by Crippen LogP contribution is 2.36. The average molecular weight is 362 g/mol. The van der Waals surface area contributed by atoms with Gasteiger partial charge < -0.3 is 14.8 Å². The first-order chi connectivity index (χ1) is 12.0. The fourth-order valence-electron chi connectivity index (χ4n) is 2.57. The minimum Gasteiger partial charge on any atom is -0.486 e. The van der Waals surface area contributed by atoms with Gasteiger partial charge in [-0.25, -0.2) is 8.42 Å². The number of carbonyl (C=O) groups excluding carboxylic acids is 1. The Bertz CT molecular complexity index is 868. The van der Waals surface area contributed by atoms with Gasteiger partial charge in [-0.3, -0.25) is 9.78 Å². The number of sulfone groups is 1. The number of ether oxygens (including phenoxy) is 2. The molecule has 1 N–H and O–H groups in total. The summed E-state index contributed by atoms with van der Waals surface area (Å²) in [5.74, 6) is 0.619. The third-order valence-corrected chi connectivity index (χ3v) is 5.91. The molecule has 3 rings (SSSR count). The highest BCUT2D eigenvalue weighted by molar-refractivity contribution is 7.91. The van der Waals surface area contributed by atoms with Crippen molar-refractivity contribution in [2.45, 2.75) is 17.1 Å². The molecule has 0 aliphatic carbocycles. The van der Waals surface area contributed by atoms with Crippen LogP contribution in [0.1, 0.15) is 17.7 Å². The van der Waals surface area contributed by atoms with Crippen LogP contribution in [0.15, 0.2) is 47.6 Å². The average Bonchev–Trinajstić information content (AvgIpc) is 2.62. The molecule has 0 bridgehead atoms. The largest absolute Gasteiger partial charge is 0.486 e. The summed E-state index contributed by atoms with van der Waals surface area (Å²) in [6.07, 6.45) is 3.05. The minimum atomic E-state index is -3.77. The summed E-state index contributed by atoms with van der Waals surface area (Å²) < 4.78 is 37.2. The molecule has 1 amide bonds. The maximum atomic E-state index is 13.2. The van der Waals surface area contributed by atoms with Crippen LogP contribution in [0.4, 0.5) is 0 Å². The predicted molar refractivity (Wildman–Crippen MR) is 90.3 cm³/mol. The van der Waals surface area contributed by atoms with Gasteiger partial charge in [0, 0.05) is 31.9 Å². The molecule has 8 heteroatoms. The fourth-order valence-corrected chi connectivity index (χ4v) is 4.23. The standard InChI is InChI=1S/C17H18N2O5S/c1-12(20)19-11-17(13-3-2-6-18-10-13)25(21,22)14-4-5-15-16(9-14)24-8-7-23-15/h2-6,9-10,17H,7-8,11H2,1H3,(H,19,20)/t17-/m0/s1. The van der Waals surface area contributed by atoms with Crippen LogP contribution in [-0.2, 0) is 14.6 Å². The quantitative estimate of drug-likeness (QED) is 0.866. The van der Waals surface area contributed by atoms with E-state index in [0.717, 1.165) is 0 Å². The first-order valence-electron chi connectivity index (χ1n) is 7.76. The Morgan fingerprint density at radius 1 is 1.24 bits per heavy atom. The number of amides is 1. The van der Waals surface area contributed by atoms with Crippen molar-refractivity contribution in [1.82, 2.24) is 10.3 Å². The van der Waals surface area contributed by atoms with E-state index in [-0.39, 0.29) is 17.3 Å². The Hall–Kier alpha value is -2.61. The molecule has 25 heavy (non-hydrogen) atoms. The van der Waals surface area contributed by atoms with E-state index in [1.54, 1.807) is 24.4 Å². The number of hydrogen-bond acceptors (Lipinski definition) is 6. The van der Waals surface area contributed by atoms with Gasteiger partial charge in [-0.05, 0) is 23.8 Å². The maximum absolute atomic E-state index is 13.2. The molecule has 0 spiro atoms. The lowest BCUT2D eigenvalue weighted by Gasteiger charge is -2.21. The van der Waals surface area contributed by atoms with E-state index < -0.39 is 15.1 Å². The molecule has 1 aliphatic heterocycles. The zero-order valence-electron chi connectivity index (χ0n) is 13.6. The van der Waals surface area contributed by atoms with Crippen molar-refractivity contribution in [3.05, 3.63) is 48.3 Å². The number of hydrogen-bond donors (Lipinski definition) is 1. The number of carbonyl (C=O) groups is 1. The first kappa shape index (κ1) is 17.2. The molecule has 0 fully saturated rings. The molecule has 1 atom stereocenters. The third-order valence-electron chi connectivity index (χ3n) is 3.81. The molecule has 1 aromatic heterocycles. The van der Waals surface area contributed by atoms with E-state index in [9.17, 15) is 13.2 Å². The Morgan fingerprint density at radius 3 is 2.68 bits per heavy atom. The molecule has 1 aromatic carbocycles. The van der Waals surface area contributed by atoms with Crippen molar-refractivity contribution < 1.29 is 22.7 Å². The van der Waals surface area contributed by atoms with Gasteiger partial charge in [-0.2, -0.15) is 0 Å². The number of nitrogens with one attached hydrogen (secondary N) is 1. The lowest BCUT2D eigenvalue weighted by Crippen LogP contribution is -2.30. The van der Waals surface area contributed by atoms with E-state index in [2.05, 4.69) is 10.3 Å². The molecule has 0 saturated carbocycles. The molecule has 2 heterocycles. The van der Waals surface area contributed by atoms with Crippen LogP contribution in [-0.4, -0.2) is 39.1 Å². The second-order valence-corrected chi connectivity index (χ2v) is 7.69. The van der Waals surface area contributed by atoms with Crippen LogP contribution >= 0.6 is 0 Å². The summed E-state index contributed by atoms with van der Waals surface area (Å²) >= 11 is 0. The second-order valence-electron chi connectivity index (χ2n) is 5.56. The first-order valence-corrected chi connectivity index (χ1v) is 9.31. The van der Waals surface area contributed by atoms with Crippen molar-refractivity contribution in [2.75, 3.05) is 19.8 Å². The highest BCUT2D eigenvalue weighted by Gasteiger charge is 2.31. The Labute approximate surface area is 145 Å². The summed E-state index contributed by atoms with van der Waals surface area (Å²) in [4.78, 5) is 15.4. The minimum absolute atomic E-state index is 0.0438. The topological polar surface area (TPSA) is 94.6 Å². The Morgan fingerprint density at radius 2 is 2.00 bits per heavy atom. The monoisotopic (exact) mass is 362 g/mol. The third kappa shape index (κ3) is 3.74. The second kappa shape index (κ2) is 7.10. The molecule has 1 aliphatic rings. The maximum Gasteiger partial charge on any atom is 0.216 e. The van der Waals surface area contributed by atoms with Gasteiger partial charge in [-0.1, -0.05) is 6.07 Å². The summed E-state index contributed by atoms with van der Waals surface area (Å²) in [7, 11) is -3.77. The van der Waals surface area contributed by atoms with E-state index in [4.69, 9.17) is 9.47 Å². The summed E-state index contributed by atoms with van der Waals surface area (Å²) in [5.41, 5.74) is 0.506. The fraction of sp³-hybridized carbons (Fsp3) is 0.294. The van der Waals surface area contributed by atoms with Gasteiger partial charge in [0.2, 0.25) is 5.91 Å². The van der Waals surface area contributed by atoms with Crippen molar-refractivity contribution in [1.29, 1.82) is 0 Å². The Balaban J connectivity index is 1.99. The van der Waals surface area contributed by atoms with Crippen molar-refractivity contribution >= 4 is 15.7 Å². The molecule has 0 saturated heterocycles. The SMILES string of the molecule is CC(=O)NC[C@@H](c1cccnc1)S(=O)(=O)c1ccc2c(c1)OCCO2. The van der Waals surface area contributed by atoms with E-state index in [0.29, 0.717) is 30.3 Å². The molecule has 7 nitrogen and oxygen atoms in total. The normalized spacial score (nSPS) is 14.6. The lowest BCUT2D eigenvalue weighted by molar-refractivity contribution is -0.118. The number of benzene rings is 1. The molecule has 2 aromatic rings. The zero-order valence-corrected chi connectivity index (χ0v) is 14.5.